The molecule has 4 aliphatic carbocycles. The van der Waals surface area contributed by atoms with Crippen LogP contribution in [0, 0.1) is 28.6 Å². The van der Waals surface area contributed by atoms with Gasteiger partial charge < -0.3 is 19.3 Å². The summed E-state index contributed by atoms with van der Waals surface area (Å²) < 4.78 is 18.9. The van der Waals surface area contributed by atoms with E-state index >= 15 is 0 Å². The predicted molar refractivity (Wildman–Crippen MR) is 131 cm³/mol. The van der Waals surface area contributed by atoms with E-state index in [0.29, 0.717) is 12.3 Å². The number of carbonyl (C=O) groups is 1. The summed E-state index contributed by atoms with van der Waals surface area (Å²) in [5.41, 5.74) is 0.708. The van der Waals surface area contributed by atoms with E-state index in [0.717, 1.165) is 37.7 Å². The second-order valence-corrected chi connectivity index (χ2v) is 12.1. The van der Waals surface area contributed by atoms with Gasteiger partial charge in [-0.05, 0) is 63.4 Å². The number of hydrogen-bond acceptors (Lipinski definition) is 5. The molecule has 188 valence electrons. The van der Waals surface area contributed by atoms with Crippen LogP contribution in [0.3, 0.4) is 0 Å². The molecular formula is C29H42O5. The Morgan fingerprint density at radius 2 is 2.12 bits per heavy atom. The fourth-order valence-electron chi connectivity index (χ4n) is 8.43. The monoisotopic (exact) mass is 470 g/mol. The molecule has 0 bridgehead atoms. The Morgan fingerprint density at radius 3 is 2.82 bits per heavy atom. The third kappa shape index (κ3) is 3.30. The Morgan fingerprint density at radius 1 is 1.35 bits per heavy atom. The zero-order valence-corrected chi connectivity index (χ0v) is 21.5. The zero-order chi connectivity index (χ0) is 24.5. The summed E-state index contributed by atoms with van der Waals surface area (Å²) in [5.74, 6) is 0.676. The number of carbonyl (C=O) groups excluding carboxylic acids is 1. The predicted octanol–water partition coefficient (Wildman–Crippen LogP) is 5.14. The first kappa shape index (κ1) is 24.4. The fourth-order valence-corrected chi connectivity index (χ4v) is 8.43. The van der Waals surface area contributed by atoms with Crippen LogP contribution in [0.15, 0.2) is 36.0 Å². The molecule has 1 N–H and O–H groups in total. The van der Waals surface area contributed by atoms with Gasteiger partial charge in [0.05, 0.1) is 18.3 Å². The summed E-state index contributed by atoms with van der Waals surface area (Å²) in [5, 5.41) is 11.8. The van der Waals surface area contributed by atoms with Crippen LogP contribution in [-0.2, 0) is 19.0 Å². The van der Waals surface area contributed by atoms with E-state index < -0.39 is 17.1 Å². The maximum absolute atomic E-state index is 13.9. The van der Waals surface area contributed by atoms with Gasteiger partial charge in [0.15, 0.2) is 17.7 Å². The van der Waals surface area contributed by atoms with Gasteiger partial charge in [0, 0.05) is 16.7 Å². The third-order valence-corrected chi connectivity index (χ3v) is 9.87. The molecule has 5 aliphatic rings. The SMILES string of the molecule is C=C1C=C[C@@]2(C)C(=C1)CC[C@@H]1[C@@H]2[C@@H](O)C[C@@]2(C)[C@H]1C[C@H]1OC(CCC)O[C@]12C(=O)COC(C)C. The minimum Gasteiger partial charge on any atom is -0.393 e. The van der Waals surface area contributed by atoms with E-state index in [1.165, 1.54) is 5.57 Å². The Labute approximate surface area is 204 Å². The molecule has 9 atom stereocenters. The summed E-state index contributed by atoms with van der Waals surface area (Å²) >= 11 is 0. The molecule has 1 heterocycles. The summed E-state index contributed by atoms with van der Waals surface area (Å²) in [7, 11) is 0. The van der Waals surface area contributed by atoms with Crippen molar-refractivity contribution in [3.63, 3.8) is 0 Å². The van der Waals surface area contributed by atoms with Crippen LogP contribution in [0.1, 0.15) is 73.1 Å². The van der Waals surface area contributed by atoms with E-state index in [2.05, 4.69) is 45.6 Å². The molecule has 0 aromatic heterocycles. The minimum atomic E-state index is -1.05. The lowest BCUT2D eigenvalue weighted by Crippen LogP contribution is -2.63. The third-order valence-electron chi connectivity index (χ3n) is 9.87. The van der Waals surface area contributed by atoms with Gasteiger partial charge in [-0.25, -0.2) is 0 Å². The molecule has 5 heteroatoms. The van der Waals surface area contributed by atoms with Crippen LogP contribution in [0.2, 0.25) is 0 Å². The highest BCUT2D eigenvalue weighted by Crippen LogP contribution is 2.69. The zero-order valence-electron chi connectivity index (χ0n) is 21.5. The van der Waals surface area contributed by atoms with Crippen molar-refractivity contribution >= 4 is 5.78 Å². The maximum Gasteiger partial charge on any atom is 0.193 e. The highest BCUT2D eigenvalue weighted by molar-refractivity contribution is 5.91. The van der Waals surface area contributed by atoms with Crippen molar-refractivity contribution in [2.24, 2.45) is 28.6 Å². The topological polar surface area (TPSA) is 65.0 Å². The number of aliphatic hydroxyl groups excluding tert-OH is 1. The van der Waals surface area contributed by atoms with E-state index in [-0.39, 0.29) is 48.1 Å². The van der Waals surface area contributed by atoms with E-state index in [4.69, 9.17) is 14.2 Å². The Hall–Kier alpha value is -1.27. The van der Waals surface area contributed by atoms with Crippen molar-refractivity contribution in [1.29, 1.82) is 0 Å². The Balaban J connectivity index is 1.53. The van der Waals surface area contributed by atoms with Gasteiger partial charge in [-0.3, -0.25) is 4.79 Å². The average molecular weight is 471 g/mol. The second-order valence-electron chi connectivity index (χ2n) is 12.1. The van der Waals surface area contributed by atoms with Crippen molar-refractivity contribution in [3.05, 3.63) is 36.0 Å². The first-order chi connectivity index (χ1) is 16.1. The number of hydrogen-bond donors (Lipinski definition) is 1. The number of rotatable bonds is 6. The molecule has 3 saturated carbocycles. The van der Waals surface area contributed by atoms with E-state index in [9.17, 15) is 9.90 Å². The quantitative estimate of drug-likeness (QED) is 0.583. The van der Waals surface area contributed by atoms with Crippen molar-refractivity contribution < 1.29 is 24.1 Å². The maximum atomic E-state index is 13.9. The second kappa shape index (κ2) is 8.40. The van der Waals surface area contributed by atoms with Crippen LogP contribution >= 0.6 is 0 Å². The van der Waals surface area contributed by atoms with E-state index in [1.54, 1.807) is 0 Å². The standard InChI is InChI=1S/C29H42O5/c1-7-8-25-33-24-14-21-20-10-9-19-13-18(4)11-12-27(19,5)26(20)22(30)15-28(21,6)29(24,34-25)23(31)16-32-17(2)3/h11-13,17,20-22,24-26,30H,4,7-10,14-16H2,1-3,5-6H3/t20-,21-,22-,24+,25?,26+,27-,28-,29+/m0/s1. The van der Waals surface area contributed by atoms with Crippen LogP contribution in [0.25, 0.3) is 0 Å². The van der Waals surface area contributed by atoms with Gasteiger partial charge in [0.2, 0.25) is 0 Å². The first-order valence-corrected chi connectivity index (χ1v) is 13.3. The van der Waals surface area contributed by atoms with Gasteiger partial charge in [-0.15, -0.1) is 0 Å². The van der Waals surface area contributed by atoms with Gasteiger partial charge in [0.25, 0.3) is 0 Å². The lowest BCUT2D eigenvalue weighted by molar-refractivity contribution is -0.201. The number of ketones is 1. The largest absolute Gasteiger partial charge is 0.393 e. The highest BCUT2D eigenvalue weighted by atomic mass is 16.7. The van der Waals surface area contributed by atoms with Gasteiger partial charge in [0.1, 0.15) is 6.61 Å². The van der Waals surface area contributed by atoms with Crippen molar-refractivity contribution in [1.82, 2.24) is 0 Å². The Kier molecular flexibility index (Phi) is 6.03. The van der Waals surface area contributed by atoms with Crippen LogP contribution in [-0.4, -0.2) is 47.7 Å². The smallest absolute Gasteiger partial charge is 0.193 e. The summed E-state index contributed by atoms with van der Waals surface area (Å²) in [6.45, 7) is 14.6. The summed E-state index contributed by atoms with van der Waals surface area (Å²) in [4.78, 5) is 13.9. The molecule has 0 spiro atoms. The lowest BCUT2D eigenvalue weighted by atomic mass is 9.46. The number of Topliss-reactive ketones (excluding diaryl/α,β-unsaturated/α-hetero) is 1. The highest BCUT2D eigenvalue weighted by Gasteiger charge is 2.75. The molecule has 34 heavy (non-hydrogen) atoms. The summed E-state index contributed by atoms with van der Waals surface area (Å²) in [6, 6.07) is 0. The molecule has 4 fully saturated rings. The molecule has 0 aromatic carbocycles. The van der Waals surface area contributed by atoms with Gasteiger partial charge >= 0.3 is 0 Å². The first-order valence-electron chi connectivity index (χ1n) is 13.3. The van der Waals surface area contributed by atoms with Crippen LogP contribution in [0.4, 0.5) is 0 Å². The van der Waals surface area contributed by atoms with Crippen molar-refractivity contribution in [2.75, 3.05) is 6.61 Å². The fraction of sp³-hybridized carbons (Fsp3) is 0.759. The van der Waals surface area contributed by atoms with Crippen molar-refractivity contribution in [3.8, 4) is 0 Å². The molecule has 1 unspecified atom stereocenters. The molecule has 1 aliphatic heterocycles. The molecule has 5 rings (SSSR count). The summed E-state index contributed by atoms with van der Waals surface area (Å²) in [6.07, 6.45) is 10.5. The minimum absolute atomic E-state index is 0.0167. The van der Waals surface area contributed by atoms with Gasteiger partial charge in [-0.2, -0.15) is 0 Å². The van der Waals surface area contributed by atoms with Crippen LogP contribution < -0.4 is 0 Å². The lowest BCUT2D eigenvalue weighted by Gasteiger charge is -2.60. The molecule has 5 nitrogen and oxygen atoms in total. The number of ether oxygens (including phenoxy) is 3. The number of allylic oxidation sites excluding steroid dienone is 5. The normalized spacial score (nSPS) is 47.1. The van der Waals surface area contributed by atoms with Gasteiger partial charge in [-0.1, -0.05) is 57.6 Å². The molecule has 0 radical (unpaired) electrons. The number of fused-ring (bicyclic) bond motifs is 7. The average Bonchev–Trinajstić information content (AvgIpc) is 3.25. The molecule has 0 aromatic rings. The van der Waals surface area contributed by atoms with Crippen molar-refractivity contribution in [2.45, 2.75) is 103 Å². The van der Waals surface area contributed by atoms with E-state index in [1.807, 2.05) is 13.8 Å². The Bertz CT molecular complexity index is 919. The molecular weight excluding hydrogens is 428 g/mol. The van der Waals surface area contributed by atoms with Crippen LogP contribution in [0.5, 0.6) is 0 Å². The molecule has 1 saturated heterocycles. The number of aliphatic hydroxyl groups is 1. The molecule has 0 amide bonds.